The van der Waals surface area contributed by atoms with Gasteiger partial charge >= 0.3 is 0 Å². The van der Waals surface area contributed by atoms with Crippen LogP contribution in [0.3, 0.4) is 0 Å². The van der Waals surface area contributed by atoms with E-state index >= 15 is 0 Å². The van der Waals surface area contributed by atoms with Crippen molar-refractivity contribution in [2.45, 2.75) is 26.1 Å². The van der Waals surface area contributed by atoms with Gasteiger partial charge in [0.25, 0.3) is 0 Å². The molecular formula is C17H24N2O2. The number of carbonyl (C=O) groups excluding carboxylic acids is 1. The second kappa shape index (κ2) is 6.76. The lowest BCUT2D eigenvalue weighted by Crippen LogP contribution is -2.47. The molecule has 0 aliphatic carbocycles. The molecule has 4 heteroatoms. The number of anilines is 1. The van der Waals surface area contributed by atoms with E-state index in [1.54, 1.807) is 6.08 Å². The summed E-state index contributed by atoms with van der Waals surface area (Å²) in [5.74, 6) is 0.0497. The Labute approximate surface area is 127 Å². The van der Waals surface area contributed by atoms with Gasteiger partial charge < -0.3 is 14.5 Å². The number of nitrogens with zero attached hydrogens (tertiary/aromatic N) is 2. The monoisotopic (exact) mass is 288 g/mol. The molecule has 1 heterocycles. The molecule has 21 heavy (non-hydrogen) atoms. The van der Waals surface area contributed by atoms with Crippen molar-refractivity contribution in [3.63, 3.8) is 0 Å². The summed E-state index contributed by atoms with van der Waals surface area (Å²) in [6, 6.07) is 8.12. The Bertz CT molecular complexity index is 498. The van der Waals surface area contributed by atoms with Gasteiger partial charge in [-0.05, 0) is 37.6 Å². The molecule has 2 atom stereocenters. The average Bonchev–Trinajstić information content (AvgIpc) is 2.44. The minimum Gasteiger partial charge on any atom is -0.378 e. The van der Waals surface area contributed by atoms with Crippen LogP contribution < -0.4 is 4.90 Å². The number of rotatable bonds is 3. The molecule has 1 aromatic carbocycles. The number of ether oxygens (including phenoxy) is 1. The summed E-state index contributed by atoms with van der Waals surface area (Å²) in [7, 11) is 4.02. The van der Waals surface area contributed by atoms with Gasteiger partial charge in [-0.2, -0.15) is 0 Å². The first kappa shape index (κ1) is 15.6. The molecule has 2 rings (SSSR count). The zero-order valence-electron chi connectivity index (χ0n) is 13.2. The van der Waals surface area contributed by atoms with Gasteiger partial charge in [0.15, 0.2) is 0 Å². The predicted octanol–water partition coefficient (Wildman–Crippen LogP) is 2.40. The smallest absolute Gasteiger partial charge is 0.246 e. The highest BCUT2D eigenvalue weighted by atomic mass is 16.5. The van der Waals surface area contributed by atoms with Crippen molar-refractivity contribution in [1.29, 1.82) is 0 Å². The molecule has 0 spiro atoms. The third-order valence-electron chi connectivity index (χ3n) is 3.56. The van der Waals surface area contributed by atoms with E-state index in [-0.39, 0.29) is 18.1 Å². The van der Waals surface area contributed by atoms with Crippen LogP contribution in [-0.2, 0) is 9.53 Å². The van der Waals surface area contributed by atoms with Crippen LogP contribution in [0.2, 0.25) is 0 Å². The van der Waals surface area contributed by atoms with Gasteiger partial charge in [0, 0.05) is 38.9 Å². The van der Waals surface area contributed by atoms with Crippen molar-refractivity contribution < 1.29 is 9.53 Å². The molecule has 1 fully saturated rings. The van der Waals surface area contributed by atoms with Crippen LogP contribution in [0.15, 0.2) is 30.3 Å². The van der Waals surface area contributed by atoms with E-state index in [1.807, 2.05) is 63.2 Å². The summed E-state index contributed by atoms with van der Waals surface area (Å²) < 4.78 is 5.64. The molecule has 114 valence electrons. The number of hydrogen-bond acceptors (Lipinski definition) is 3. The third kappa shape index (κ3) is 4.33. The van der Waals surface area contributed by atoms with Crippen molar-refractivity contribution in [2.75, 3.05) is 32.1 Å². The first-order valence-electron chi connectivity index (χ1n) is 7.35. The lowest BCUT2D eigenvalue weighted by Gasteiger charge is -2.34. The lowest BCUT2D eigenvalue weighted by molar-refractivity contribution is -0.137. The molecule has 0 saturated carbocycles. The quantitative estimate of drug-likeness (QED) is 0.801. The SMILES string of the molecule is CC1CN(C(=O)C=Cc2ccc(N(C)C)cc2)CC(C)O1. The maximum atomic E-state index is 12.2. The number of morpholine rings is 1. The standard InChI is InChI=1S/C17H24N2O2/c1-13-11-19(12-14(2)21-13)17(20)10-7-15-5-8-16(9-6-15)18(3)4/h5-10,13-14H,11-12H2,1-4H3. The van der Waals surface area contributed by atoms with Crippen LogP contribution >= 0.6 is 0 Å². The summed E-state index contributed by atoms with van der Waals surface area (Å²) in [4.78, 5) is 16.1. The summed E-state index contributed by atoms with van der Waals surface area (Å²) >= 11 is 0. The van der Waals surface area contributed by atoms with E-state index in [2.05, 4.69) is 4.90 Å². The Balaban J connectivity index is 1.98. The molecule has 4 nitrogen and oxygen atoms in total. The van der Waals surface area contributed by atoms with Crippen molar-refractivity contribution >= 4 is 17.7 Å². The first-order chi connectivity index (χ1) is 9.95. The van der Waals surface area contributed by atoms with Crippen molar-refractivity contribution in [2.24, 2.45) is 0 Å². The highest BCUT2D eigenvalue weighted by Crippen LogP contribution is 2.14. The van der Waals surface area contributed by atoms with E-state index < -0.39 is 0 Å². The Morgan fingerprint density at radius 3 is 2.29 bits per heavy atom. The topological polar surface area (TPSA) is 32.8 Å². The predicted molar refractivity (Wildman–Crippen MR) is 86.4 cm³/mol. The van der Waals surface area contributed by atoms with E-state index in [9.17, 15) is 4.79 Å². The van der Waals surface area contributed by atoms with Gasteiger partial charge in [-0.15, -0.1) is 0 Å². The van der Waals surface area contributed by atoms with Crippen LogP contribution in [0.25, 0.3) is 6.08 Å². The van der Waals surface area contributed by atoms with Crippen molar-refractivity contribution in [1.82, 2.24) is 4.90 Å². The van der Waals surface area contributed by atoms with Crippen LogP contribution in [-0.4, -0.2) is 50.2 Å². The van der Waals surface area contributed by atoms with Crippen LogP contribution in [0.1, 0.15) is 19.4 Å². The molecule has 1 saturated heterocycles. The zero-order valence-corrected chi connectivity index (χ0v) is 13.2. The molecule has 2 unspecified atom stereocenters. The third-order valence-corrected chi connectivity index (χ3v) is 3.56. The van der Waals surface area contributed by atoms with Gasteiger partial charge in [0.1, 0.15) is 0 Å². The van der Waals surface area contributed by atoms with Crippen LogP contribution in [0.4, 0.5) is 5.69 Å². The summed E-state index contributed by atoms with van der Waals surface area (Å²) in [5, 5.41) is 0. The Morgan fingerprint density at radius 2 is 1.76 bits per heavy atom. The van der Waals surface area contributed by atoms with E-state index in [1.165, 1.54) is 0 Å². The molecule has 1 aliphatic heterocycles. The van der Waals surface area contributed by atoms with E-state index in [0.29, 0.717) is 13.1 Å². The minimum atomic E-state index is 0.0497. The lowest BCUT2D eigenvalue weighted by atomic mass is 10.1. The van der Waals surface area contributed by atoms with Gasteiger partial charge in [-0.3, -0.25) is 4.79 Å². The zero-order chi connectivity index (χ0) is 15.4. The van der Waals surface area contributed by atoms with Gasteiger partial charge in [0.2, 0.25) is 5.91 Å². The van der Waals surface area contributed by atoms with Crippen LogP contribution in [0.5, 0.6) is 0 Å². The Hall–Kier alpha value is -1.81. The van der Waals surface area contributed by atoms with Crippen molar-refractivity contribution in [3.05, 3.63) is 35.9 Å². The molecule has 1 aromatic rings. The highest BCUT2D eigenvalue weighted by molar-refractivity contribution is 5.91. The molecule has 0 aromatic heterocycles. The second-order valence-electron chi connectivity index (χ2n) is 5.82. The number of hydrogen-bond donors (Lipinski definition) is 0. The summed E-state index contributed by atoms with van der Waals surface area (Å²) in [5.41, 5.74) is 2.18. The molecule has 0 bridgehead atoms. The fourth-order valence-corrected chi connectivity index (χ4v) is 2.51. The average molecular weight is 288 g/mol. The highest BCUT2D eigenvalue weighted by Gasteiger charge is 2.24. The molecule has 0 radical (unpaired) electrons. The number of carbonyl (C=O) groups is 1. The molecule has 1 amide bonds. The molecule has 0 N–H and O–H groups in total. The normalized spacial score (nSPS) is 22.6. The van der Waals surface area contributed by atoms with Gasteiger partial charge in [-0.1, -0.05) is 12.1 Å². The maximum Gasteiger partial charge on any atom is 0.246 e. The van der Waals surface area contributed by atoms with E-state index in [4.69, 9.17) is 4.74 Å². The number of benzene rings is 1. The number of amides is 1. The maximum absolute atomic E-state index is 12.2. The molecular weight excluding hydrogens is 264 g/mol. The van der Waals surface area contributed by atoms with Gasteiger partial charge in [0.05, 0.1) is 12.2 Å². The second-order valence-corrected chi connectivity index (χ2v) is 5.82. The van der Waals surface area contributed by atoms with Crippen LogP contribution in [0, 0.1) is 0 Å². The minimum absolute atomic E-state index is 0.0497. The van der Waals surface area contributed by atoms with E-state index in [0.717, 1.165) is 11.3 Å². The fourth-order valence-electron chi connectivity index (χ4n) is 2.51. The fraction of sp³-hybridized carbons (Fsp3) is 0.471. The summed E-state index contributed by atoms with van der Waals surface area (Å²) in [6.45, 7) is 5.32. The Kier molecular flexibility index (Phi) is 5.02. The Morgan fingerprint density at radius 1 is 1.19 bits per heavy atom. The largest absolute Gasteiger partial charge is 0.378 e. The first-order valence-corrected chi connectivity index (χ1v) is 7.35. The summed E-state index contributed by atoms with van der Waals surface area (Å²) in [6.07, 6.45) is 3.72. The molecule has 1 aliphatic rings. The van der Waals surface area contributed by atoms with Gasteiger partial charge in [-0.25, -0.2) is 0 Å². The van der Waals surface area contributed by atoms with Crippen molar-refractivity contribution in [3.8, 4) is 0 Å².